The molecule has 0 aliphatic rings. The molecule has 7 heteroatoms. The van der Waals surface area contributed by atoms with Crippen molar-refractivity contribution < 1.29 is 4.74 Å². The highest BCUT2D eigenvalue weighted by Gasteiger charge is 2.18. The molecule has 0 atom stereocenters. The normalized spacial score (nSPS) is 11.5. The van der Waals surface area contributed by atoms with E-state index in [1.807, 2.05) is 52.9 Å². The van der Waals surface area contributed by atoms with Crippen LogP contribution in [0.5, 0.6) is 5.75 Å². The van der Waals surface area contributed by atoms with Gasteiger partial charge in [0, 0.05) is 10.9 Å². The van der Waals surface area contributed by atoms with Crippen molar-refractivity contribution in [1.29, 1.82) is 0 Å². The van der Waals surface area contributed by atoms with E-state index >= 15 is 0 Å². The second kappa shape index (κ2) is 4.76. The monoisotopic (exact) mass is 316 g/mol. The van der Waals surface area contributed by atoms with Crippen LogP contribution in [0.1, 0.15) is 0 Å². The maximum absolute atomic E-state index is 5.46. The first-order chi connectivity index (χ1) is 11.9. The van der Waals surface area contributed by atoms with E-state index in [0.717, 1.165) is 33.4 Å². The van der Waals surface area contributed by atoms with Crippen LogP contribution in [0.4, 0.5) is 0 Å². The van der Waals surface area contributed by atoms with Crippen LogP contribution in [-0.2, 0) is 0 Å². The predicted molar refractivity (Wildman–Crippen MR) is 89.9 cm³/mol. The Morgan fingerprint density at radius 2 is 1.71 bits per heavy atom. The maximum atomic E-state index is 5.46. The third-order valence-corrected chi connectivity index (χ3v) is 4.12. The number of hydrogen-bond donors (Lipinski definition) is 1. The number of H-pyrrole nitrogens is 1. The zero-order valence-electron chi connectivity index (χ0n) is 12.8. The summed E-state index contributed by atoms with van der Waals surface area (Å²) in [5.74, 6) is 1.83. The fourth-order valence-corrected chi connectivity index (χ4v) is 3.02. The molecule has 0 aliphatic carbocycles. The van der Waals surface area contributed by atoms with Crippen molar-refractivity contribution in [3.63, 3.8) is 0 Å². The Labute approximate surface area is 135 Å². The van der Waals surface area contributed by atoms with Gasteiger partial charge in [-0.25, -0.2) is 4.40 Å². The molecule has 0 saturated heterocycles. The lowest BCUT2D eigenvalue weighted by Gasteiger charge is -2.06. The second-order valence-electron chi connectivity index (χ2n) is 5.43. The average molecular weight is 316 g/mol. The van der Waals surface area contributed by atoms with E-state index in [9.17, 15) is 0 Å². The third kappa shape index (κ3) is 1.66. The summed E-state index contributed by atoms with van der Waals surface area (Å²) >= 11 is 0. The van der Waals surface area contributed by atoms with Gasteiger partial charge in [0.25, 0.3) is 5.78 Å². The Bertz CT molecular complexity index is 1210. The largest absolute Gasteiger partial charge is 0.496 e. The fraction of sp³-hybridized carbons (Fsp3) is 0.0588. The number of fused-ring (bicyclic) bond motifs is 5. The van der Waals surface area contributed by atoms with Crippen LogP contribution in [0.3, 0.4) is 0 Å². The number of benzene rings is 2. The first-order valence-corrected chi connectivity index (χ1v) is 7.48. The lowest BCUT2D eigenvalue weighted by atomic mass is 10.2. The summed E-state index contributed by atoms with van der Waals surface area (Å²) < 4.78 is 7.34. The SMILES string of the molecule is COc1ccccc1-c1nnc2nnc3c4ccccc4[nH]c3n12. The Morgan fingerprint density at radius 3 is 2.62 bits per heavy atom. The van der Waals surface area contributed by atoms with Crippen LogP contribution in [0.2, 0.25) is 0 Å². The standard InChI is InChI=1S/C17H12N6O/c1-24-13-9-5-3-7-11(13)15-20-22-17-21-19-14-10-6-2-4-8-12(10)18-16(14)23(15)17/h2-9,18H,1H3. The minimum atomic E-state index is 0.440. The van der Waals surface area contributed by atoms with Gasteiger partial charge < -0.3 is 9.72 Å². The number of aromatic nitrogens is 6. The molecule has 2 aromatic carbocycles. The highest BCUT2D eigenvalue weighted by Crippen LogP contribution is 2.31. The van der Waals surface area contributed by atoms with Crippen molar-refractivity contribution in [1.82, 2.24) is 29.8 Å². The predicted octanol–water partition coefficient (Wildman–Crippen LogP) is 2.83. The number of nitrogens with one attached hydrogen (secondary N) is 1. The highest BCUT2D eigenvalue weighted by molar-refractivity contribution is 6.04. The first kappa shape index (κ1) is 13.0. The summed E-state index contributed by atoms with van der Waals surface area (Å²) in [6.07, 6.45) is 0. The van der Waals surface area contributed by atoms with Crippen LogP contribution in [0.25, 0.3) is 39.2 Å². The fourth-order valence-electron chi connectivity index (χ4n) is 3.02. The van der Waals surface area contributed by atoms with Crippen molar-refractivity contribution in [2.24, 2.45) is 0 Å². The van der Waals surface area contributed by atoms with Crippen LogP contribution in [0, 0.1) is 0 Å². The quantitative estimate of drug-likeness (QED) is 0.541. The van der Waals surface area contributed by atoms with E-state index in [4.69, 9.17) is 4.74 Å². The van der Waals surface area contributed by atoms with Gasteiger partial charge in [-0.2, -0.15) is 0 Å². The summed E-state index contributed by atoms with van der Waals surface area (Å²) in [6, 6.07) is 15.7. The molecule has 5 rings (SSSR count). The molecule has 3 aromatic heterocycles. The van der Waals surface area contributed by atoms with E-state index in [2.05, 4.69) is 25.4 Å². The number of para-hydroxylation sites is 2. The van der Waals surface area contributed by atoms with E-state index < -0.39 is 0 Å². The molecule has 0 saturated carbocycles. The van der Waals surface area contributed by atoms with Crippen LogP contribution in [0.15, 0.2) is 48.5 Å². The number of aromatic amines is 1. The molecule has 0 amide bonds. The summed E-state index contributed by atoms with van der Waals surface area (Å²) in [7, 11) is 1.64. The van der Waals surface area contributed by atoms with E-state index in [1.165, 1.54) is 0 Å². The Morgan fingerprint density at radius 1 is 0.917 bits per heavy atom. The van der Waals surface area contributed by atoms with Crippen molar-refractivity contribution in [3.05, 3.63) is 48.5 Å². The second-order valence-corrected chi connectivity index (χ2v) is 5.43. The van der Waals surface area contributed by atoms with E-state index in [1.54, 1.807) is 7.11 Å². The highest BCUT2D eigenvalue weighted by atomic mass is 16.5. The number of hydrogen-bond acceptors (Lipinski definition) is 5. The number of nitrogens with zero attached hydrogens (tertiary/aromatic N) is 5. The van der Waals surface area contributed by atoms with Gasteiger partial charge in [-0.1, -0.05) is 30.3 Å². The van der Waals surface area contributed by atoms with Gasteiger partial charge in [0.2, 0.25) is 0 Å². The molecule has 0 unspecified atom stereocenters. The summed E-state index contributed by atoms with van der Waals surface area (Å²) in [4.78, 5) is 3.39. The first-order valence-electron chi connectivity index (χ1n) is 7.48. The molecular weight excluding hydrogens is 304 g/mol. The van der Waals surface area contributed by atoms with Gasteiger partial charge in [-0.05, 0) is 18.2 Å². The molecule has 0 bridgehead atoms. The minimum Gasteiger partial charge on any atom is -0.496 e. The van der Waals surface area contributed by atoms with E-state index in [-0.39, 0.29) is 0 Å². The van der Waals surface area contributed by atoms with Crippen LogP contribution < -0.4 is 4.74 Å². The van der Waals surface area contributed by atoms with Crippen LogP contribution >= 0.6 is 0 Å². The maximum Gasteiger partial charge on any atom is 0.276 e. The smallest absolute Gasteiger partial charge is 0.276 e. The van der Waals surface area contributed by atoms with Crippen molar-refractivity contribution in [2.45, 2.75) is 0 Å². The summed E-state index contributed by atoms with van der Waals surface area (Å²) in [6.45, 7) is 0. The minimum absolute atomic E-state index is 0.440. The topological polar surface area (TPSA) is 81.0 Å². The summed E-state index contributed by atoms with van der Waals surface area (Å²) in [5.41, 5.74) is 3.44. The lowest BCUT2D eigenvalue weighted by Crippen LogP contribution is -1.97. The van der Waals surface area contributed by atoms with Gasteiger partial charge in [0.15, 0.2) is 5.82 Å². The van der Waals surface area contributed by atoms with Crippen LogP contribution in [-0.4, -0.2) is 36.9 Å². The molecule has 0 spiro atoms. The molecule has 24 heavy (non-hydrogen) atoms. The molecule has 0 radical (unpaired) electrons. The zero-order valence-corrected chi connectivity index (χ0v) is 12.8. The third-order valence-electron chi connectivity index (χ3n) is 4.12. The van der Waals surface area contributed by atoms with Gasteiger partial charge >= 0.3 is 0 Å². The molecular formula is C17H12N6O. The van der Waals surface area contributed by atoms with Crippen molar-refractivity contribution >= 4 is 27.8 Å². The molecule has 0 aliphatic heterocycles. The van der Waals surface area contributed by atoms with Crippen molar-refractivity contribution in [3.8, 4) is 17.1 Å². The van der Waals surface area contributed by atoms with E-state index in [0.29, 0.717) is 11.6 Å². The number of rotatable bonds is 2. The Balaban J connectivity index is 1.94. The Hall–Kier alpha value is -3.48. The van der Waals surface area contributed by atoms with Gasteiger partial charge in [-0.15, -0.1) is 20.4 Å². The molecule has 116 valence electrons. The average Bonchev–Trinajstić information content (AvgIpc) is 3.22. The Kier molecular flexibility index (Phi) is 2.58. The molecule has 7 nitrogen and oxygen atoms in total. The number of methoxy groups -OCH3 is 1. The van der Waals surface area contributed by atoms with Gasteiger partial charge in [0.05, 0.1) is 12.7 Å². The molecule has 1 N–H and O–H groups in total. The molecule has 0 fully saturated rings. The lowest BCUT2D eigenvalue weighted by molar-refractivity contribution is 0.416. The molecule has 5 aromatic rings. The summed E-state index contributed by atoms with van der Waals surface area (Å²) in [5, 5.41) is 18.0. The van der Waals surface area contributed by atoms with Gasteiger partial charge in [0.1, 0.15) is 16.9 Å². The molecule has 3 heterocycles. The zero-order chi connectivity index (χ0) is 16.1. The van der Waals surface area contributed by atoms with Gasteiger partial charge in [-0.3, -0.25) is 0 Å². The number of ether oxygens (including phenoxy) is 1. The van der Waals surface area contributed by atoms with Crippen molar-refractivity contribution in [2.75, 3.05) is 7.11 Å².